The van der Waals surface area contributed by atoms with Crippen LogP contribution in [0, 0.1) is 19.4 Å². The Balaban J connectivity index is 2.85. The molecular weight excluding hydrogens is 188 g/mol. The zero-order chi connectivity index (χ0) is 10.6. The van der Waals surface area contributed by atoms with Crippen molar-refractivity contribution in [3.8, 4) is 18.2 Å². The molecule has 1 rings (SSSR count). The van der Waals surface area contributed by atoms with E-state index in [1.165, 1.54) is 6.07 Å². The summed E-state index contributed by atoms with van der Waals surface area (Å²) in [4.78, 5) is 0. The number of halogens is 2. The van der Waals surface area contributed by atoms with Gasteiger partial charge in [-0.05, 0) is 30.7 Å². The predicted molar refractivity (Wildman–Crippen MR) is 50.3 cm³/mol. The SMILES string of the molecule is C#CNc1ccc(OC(F)F)c(C)c1. The molecule has 1 aromatic carbocycles. The maximum Gasteiger partial charge on any atom is 0.387 e. The van der Waals surface area contributed by atoms with Gasteiger partial charge in [-0.3, -0.25) is 0 Å². The third kappa shape index (κ3) is 2.63. The van der Waals surface area contributed by atoms with Gasteiger partial charge in [0.05, 0.1) is 0 Å². The van der Waals surface area contributed by atoms with Gasteiger partial charge in [-0.1, -0.05) is 6.42 Å². The Bertz CT molecular complexity index is 358. The molecule has 0 aliphatic heterocycles. The lowest BCUT2D eigenvalue weighted by molar-refractivity contribution is -0.0502. The molecule has 1 N–H and O–H groups in total. The predicted octanol–water partition coefficient (Wildman–Crippen LogP) is 2.60. The summed E-state index contributed by atoms with van der Waals surface area (Å²) in [5.41, 5.74) is 1.28. The smallest absolute Gasteiger partial charge is 0.387 e. The molecule has 0 unspecified atom stereocenters. The summed E-state index contributed by atoms with van der Waals surface area (Å²) < 4.78 is 28.0. The summed E-state index contributed by atoms with van der Waals surface area (Å²) in [6, 6.07) is 6.89. The highest BCUT2D eigenvalue weighted by atomic mass is 19.3. The van der Waals surface area contributed by atoms with E-state index in [9.17, 15) is 8.78 Å². The van der Waals surface area contributed by atoms with Crippen molar-refractivity contribution < 1.29 is 13.5 Å². The molecule has 0 aliphatic carbocycles. The Morgan fingerprint density at radius 3 is 2.71 bits per heavy atom. The van der Waals surface area contributed by atoms with Crippen LogP contribution in [-0.2, 0) is 0 Å². The molecular formula is C10H9F2NO. The van der Waals surface area contributed by atoms with Gasteiger partial charge < -0.3 is 10.1 Å². The van der Waals surface area contributed by atoms with Gasteiger partial charge in [-0.25, -0.2) is 0 Å². The fraction of sp³-hybridized carbons (Fsp3) is 0.200. The minimum absolute atomic E-state index is 0.155. The molecule has 0 saturated heterocycles. The summed E-state index contributed by atoms with van der Waals surface area (Å²) >= 11 is 0. The molecule has 0 aliphatic rings. The molecule has 0 radical (unpaired) electrons. The Hall–Kier alpha value is -1.76. The van der Waals surface area contributed by atoms with Crippen LogP contribution in [0.4, 0.5) is 14.5 Å². The summed E-state index contributed by atoms with van der Waals surface area (Å²) in [6.45, 7) is -1.14. The first-order chi connectivity index (χ1) is 6.63. The van der Waals surface area contributed by atoms with E-state index < -0.39 is 6.61 Å². The van der Waals surface area contributed by atoms with E-state index >= 15 is 0 Å². The number of ether oxygens (including phenoxy) is 1. The lowest BCUT2D eigenvalue weighted by atomic mass is 10.2. The average Bonchev–Trinajstić information content (AvgIpc) is 2.10. The van der Waals surface area contributed by atoms with Crippen molar-refractivity contribution in [1.82, 2.24) is 0 Å². The van der Waals surface area contributed by atoms with Crippen LogP contribution in [0.25, 0.3) is 0 Å². The Kier molecular flexibility index (Phi) is 3.29. The summed E-state index contributed by atoms with van der Waals surface area (Å²) in [5.74, 6) is 0.155. The van der Waals surface area contributed by atoms with Crippen LogP contribution in [0.15, 0.2) is 18.2 Å². The van der Waals surface area contributed by atoms with E-state index in [1.807, 2.05) is 0 Å². The topological polar surface area (TPSA) is 21.3 Å². The highest BCUT2D eigenvalue weighted by Gasteiger charge is 2.06. The highest BCUT2D eigenvalue weighted by Crippen LogP contribution is 2.23. The van der Waals surface area contributed by atoms with Crippen LogP contribution >= 0.6 is 0 Å². The minimum atomic E-state index is -2.81. The van der Waals surface area contributed by atoms with E-state index in [-0.39, 0.29) is 5.75 Å². The molecule has 0 spiro atoms. The number of anilines is 1. The third-order valence-electron chi connectivity index (χ3n) is 1.61. The third-order valence-corrected chi connectivity index (χ3v) is 1.61. The zero-order valence-corrected chi connectivity index (χ0v) is 7.55. The van der Waals surface area contributed by atoms with Crippen LogP contribution in [0.5, 0.6) is 5.75 Å². The normalized spacial score (nSPS) is 9.64. The average molecular weight is 197 g/mol. The maximum atomic E-state index is 11.9. The number of benzene rings is 1. The number of alkyl halides is 2. The van der Waals surface area contributed by atoms with E-state index in [1.54, 1.807) is 19.1 Å². The quantitative estimate of drug-likeness (QED) is 0.594. The van der Waals surface area contributed by atoms with Crippen LogP contribution in [0.1, 0.15) is 5.56 Å². The van der Waals surface area contributed by atoms with Gasteiger partial charge in [0.2, 0.25) is 0 Å². The first-order valence-electron chi connectivity index (χ1n) is 3.90. The molecule has 0 heterocycles. The fourth-order valence-electron chi connectivity index (χ4n) is 1.04. The number of aryl methyl sites for hydroxylation is 1. The van der Waals surface area contributed by atoms with Crippen molar-refractivity contribution in [3.05, 3.63) is 23.8 Å². The molecule has 0 amide bonds. The van der Waals surface area contributed by atoms with Crippen molar-refractivity contribution in [2.24, 2.45) is 0 Å². The monoisotopic (exact) mass is 197 g/mol. The molecule has 4 heteroatoms. The Labute approximate surface area is 80.9 Å². The van der Waals surface area contributed by atoms with E-state index in [0.717, 1.165) is 0 Å². The van der Waals surface area contributed by atoms with E-state index in [2.05, 4.69) is 16.1 Å². The van der Waals surface area contributed by atoms with Crippen molar-refractivity contribution in [2.75, 3.05) is 5.32 Å². The van der Waals surface area contributed by atoms with Gasteiger partial charge in [-0.15, -0.1) is 0 Å². The number of terminal acetylenes is 1. The van der Waals surface area contributed by atoms with Crippen LogP contribution in [0.2, 0.25) is 0 Å². The lowest BCUT2D eigenvalue weighted by Crippen LogP contribution is -2.03. The molecule has 0 bridgehead atoms. The number of hydrogen-bond donors (Lipinski definition) is 1. The van der Waals surface area contributed by atoms with Gasteiger partial charge >= 0.3 is 6.61 Å². The van der Waals surface area contributed by atoms with Crippen molar-refractivity contribution in [2.45, 2.75) is 13.5 Å². The molecule has 2 nitrogen and oxygen atoms in total. The van der Waals surface area contributed by atoms with Crippen LogP contribution < -0.4 is 10.1 Å². The molecule has 74 valence electrons. The highest BCUT2D eigenvalue weighted by molar-refractivity contribution is 5.53. The second kappa shape index (κ2) is 4.47. The number of nitrogens with one attached hydrogen (secondary N) is 1. The molecule has 0 fully saturated rings. The van der Waals surface area contributed by atoms with Gasteiger partial charge in [0.15, 0.2) is 0 Å². The van der Waals surface area contributed by atoms with E-state index in [4.69, 9.17) is 6.42 Å². The summed E-state index contributed by atoms with van der Waals surface area (Å²) in [7, 11) is 0. The van der Waals surface area contributed by atoms with Gasteiger partial charge in [0.25, 0.3) is 0 Å². The fourth-order valence-corrected chi connectivity index (χ4v) is 1.04. The molecule has 0 aromatic heterocycles. The molecule has 0 saturated carbocycles. The molecule has 0 atom stereocenters. The molecule has 14 heavy (non-hydrogen) atoms. The van der Waals surface area contributed by atoms with Gasteiger partial charge in [0.1, 0.15) is 5.75 Å². The lowest BCUT2D eigenvalue weighted by Gasteiger charge is -2.08. The minimum Gasteiger partial charge on any atom is -0.435 e. The van der Waals surface area contributed by atoms with Crippen molar-refractivity contribution in [3.63, 3.8) is 0 Å². The van der Waals surface area contributed by atoms with Crippen molar-refractivity contribution >= 4 is 5.69 Å². The first-order valence-corrected chi connectivity index (χ1v) is 3.90. The number of hydrogen-bond acceptors (Lipinski definition) is 2. The maximum absolute atomic E-state index is 11.9. The zero-order valence-electron chi connectivity index (χ0n) is 7.55. The standard InChI is InChI=1S/C10H9F2NO/c1-3-13-8-4-5-9(7(2)6-8)14-10(11)12/h1,4-6,10,13H,2H3. The Morgan fingerprint density at radius 2 is 2.21 bits per heavy atom. The molecule has 1 aromatic rings. The van der Waals surface area contributed by atoms with E-state index in [0.29, 0.717) is 11.3 Å². The second-order valence-electron chi connectivity index (χ2n) is 2.63. The summed E-state index contributed by atoms with van der Waals surface area (Å²) in [6.07, 6.45) is 5.02. The van der Waals surface area contributed by atoms with Gasteiger partial charge in [0, 0.05) is 11.7 Å². The Morgan fingerprint density at radius 1 is 1.50 bits per heavy atom. The second-order valence-corrected chi connectivity index (χ2v) is 2.63. The van der Waals surface area contributed by atoms with Crippen molar-refractivity contribution in [1.29, 1.82) is 0 Å². The van der Waals surface area contributed by atoms with Crippen LogP contribution in [-0.4, -0.2) is 6.61 Å². The van der Waals surface area contributed by atoms with Crippen LogP contribution in [0.3, 0.4) is 0 Å². The first kappa shape index (κ1) is 10.3. The number of rotatable bonds is 3. The van der Waals surface area contributed by atoms with Gasteiger partial charge in [-0.2, -0.15) is 8.78 Å². The summed E-state index contributed by atoms with van der Waals surface area (Å²) in [5, 5.41) is 2.61. The largest absolute Gasteiger partial charge is 0.435 e.